The predicted octanol–water partition coefficient (Wildman–Crippen LogP) is 3.21. The average Bonchev–Trinajstić information content (AvgIpc) is 3.41. The van der Waals surface area contributed by atoms with Crippen LogP contribution in [-0.2, 0) is 11.2 Å². The maximum absolute atomic E-state index is 12.5. The molecule has 0 spiro atoms. The molecule has 1 aromatic rings. The van der Waals surface area contributed by atoms with Gasteiger partial charge in [-0.1, -0.05) is 56.4 Å². The van der Waals surface area contributed by atoms with Gasteiger partial charge in [0.2, 0.25) is 5.91 Å². The Morgan fingerprint density at radius 1 is 1.17 bits per heavy atom. The minimum atomic E-state index is 0.274. The molecule has 2 N–H and O–H groups in total. The van der Waals surface area contributed by atoms with Gasteiger partial charge in [0.1, 0.15) is 0 Å². The van der Waals surface area contributed by atoms with Crippen LogP contribution in [0.25, 0.3) is 0 Å². The second-order valence-corrected chi connectivity index (χ2v) is 7.60. The third-order valence-corrected chi connectivity index (χ3v) is 6.13. The van der Waals surface area contributed by atoms with Crippen LogP contribution >= 0.6 is 0 Å². The Hall–Kier alpha value is -1.35. The molecule has 0 bridgehead atoms. The molecule has 124 valence electrons. The van der Waals surface area contributed by atoms with Crippen LogP contribution in [0.2, 0.25) is 0 Å². The zero-order chi connectivity index (χ0) is 15.6. The first-order valence-corrected chi connectivity index (χ1v) is 9.42. The zero-order valence-corrected chi connectivity index (χ0v) is 13.9. The van der Waals surface area contributed by atoms with Crippen molar-refractivity contribution in [2.24, 2.45) is 17.8 Å². The van der Waals surface area contributed by atoms with E-state index >= 15 is 0 Å². The zero-order valence-electron chi connectivity index (χ0n) is 13.9. The standard InChI is InChI=1S/C20H28N2O/c23-20(18-12-17(18)14-6-2-1-3-7-14)22-13-19-16-9-5-4-8-15(16)10-11-21-19/h4-5,8-9,14,17-19,21H,1-3,6-7,10-13H2,(H,22,23). The summed E-state index contributed by atoms with van der Waals surface area (Å²) in [5.74, 6) is 2.11. The number of fused-ring (bicyclic) bond motifs is 1. The predicted molar refractivity (Wildman–Crippen MR) is 92.1 cm³/mol. The number of rotatable bonds is 4. The summed E-state index contributed by atoms with van der Waals surface area (Å²) in [4.78, 5) is 12.5. The number of hydrogen-bond donors (Lipinski definition) is 2. The summed E-state index contributed by atoms with van der Waals surface area (Å²) in [6.45, 7) is 1.73. The van der Waals surface area contributed by atoms with Gasteiger partial charge in [-0.15, -0.1) is 0 Å². The maximum atomic E-state index is 12.5. The molecule has 3 atom stereocenters. The number of amides is 1. The molecule has 2 aliphatic carbocycles. The molecule has 4 rings (SSSR count). The van der Waals surface area contributed by atoms with E-state index in [1.165, 1.54) is 43.2 Å². The molecule has 23 heavy (non-hydrogen) atoms. The molecule has 1 aromatic carbocycles. The first-order chi connectivity index (χ1) is 11.3. The van der Waals surface area contributed by atoms with Gasteiger partial charge in [0, 0.05) is 18.5 Å². The van der Waals surface area contributed by atoms with Crippen LogP contribution in [0, 0.1) is 17.8 Å². The highest BCUT2D eigenvalue weighted by Gasteiger charge is 2.47. The Labute approximate surface area is 139 Å². The number of nitrogens with one attached hydrogen (secondary N) is 2. The Morgan fingerprint density at radius 2 is 2.00 bits per heavy atom. The van der Waals surface area contributed by atoms with E-state index in [0.29, 0.717) is 17.7 Å². The van der Waals surface area contributed by atoms with Gasteiger partial charge >= 0.3 is 0 Å². The third-order valence-electron chi connectivity index (χ3n) is 6.13. The number of carbonyl (C=O) groups excluding carboxylic acids is 1. The lowest BCUT2D eigenvalue weighted by Crippen LogP contribution is -2.39. The van der Waals surface area contributed by atoms with Crippen LogP contribution in [0.1, 0.15) is 55.7 Å². The summed E-state index contributed by atoms with van der Waals surface area (Å²) in [6, 6.07) is 8.89. The van der Waals surface area contributed by atoms with E-state index in [1.807, 2.05) is 0 Å². The molecule has 0 aromatic heterocycles. The van der Waals surface area contributed by atoms with E-state index in [-0.39, 0.29) is 6.04 Å². The molecular formula is C20H28N2O. The molecule has 3 aliphatic rings. The van der Waals surface area contributed by atoms with E-state index in [9.17, 15) is 4.79 Å². The number of carbonyl (C=O) groups is 1. The minimum Gasteiger partial charge on any atom is -0.354 e. The van der Waals surface area contributed by atoms with Crippen LogP contribution in [0.4, 0.5) is 0 Å². The maximum Gasteiger partial charge on any atom is 0.223 e. The third kappa shape index (κ3) is 3.30. The first-order valence-electron chi connectivity index (χ1n) is 9.42. The van der Waals surface area contributed by atoms with E-state index in [4.69, 9.17) is 0 Å². The fourth-order valence-electron chi connectivity index (χ4n) is 4.71. The summed E-state index contributed by atoms with van der Waals surface area (Å²) in [7, 11) is 0. The Bertz CT molecular complexity index is 565. The summed E-state index contributed by atoms with van der Waals surface area (Å²) >= 11 is 0. The highest BCUT2D eigenvalue weighted by Crippen LogP contribution is 2.49. The van der Waals surface area contributed by atoms with Gasteiger partial charge in [-0.3, -0.25) is 4.79 Å². The van der Waals surface area contributed by atoms with Crippen molar-refractivity contribution < 1.29 is 4.79 Å². The lowest BCUT2D eigenvalue weighted by molar-refractivity contribution is -0.122. The molecule has 2 fully saturated rings. The van der Waals surface area contributed by atoms with Crippen LogP contribution in [0.3, 0.4) is 0 Å². The highest BCUT2D eigenvalue weighted by molar-refractivity contribution is 5.81. The van der Waals surface area contributed by atoms with Gasteiger partial charge < -0.3 is 10.6 Å². The molecule has 3 heteroatoms. The molecule has 0 radical (unpaired) electrons. The summed E-state index contributed by atoms with van der Waals surface area (Å²) in [6.07, 6.45) is 9.07. The van der Waals surface area contributed by atoms with Crippen LogP contribution in [0.5, 0.6) is 0 Å². The van der Waals surface area contributed by atoms with E-state index in [2.05, 4.69) is 34.9 Å². The summed E-state index contributed by atoms with van der Waals surface area (Å²) < 4.78 is 0. The molecular weight excluding hydrogens is 284 g/mol. The van der Waals surface area contributed by atoms with Crippen molar-refractivity contribution in [3.8, 4) is 0 Å². The monoisotopic (exact) mass is 312 g/mol. The van der Waals surface area contributed by atoms with Gasteiger partial charge in [-0.05, 0) is 42.3 Å². The summed E-state index contributed by atoms with van der Waals surface area (Å²) in [5.41, 5.74) is 2.79. The van der Waals surface area contributed by atoms with Crippen molar-refractivity contribution in [2.75, 3.05) is 13.1 Å². The quantitative estimate of drug-likeness (QED) is 0.896. The van der Waals surface area contributed by atoms with Gasteiger partial charge in [-0.2, -0.15) is 0 Å². The van der Waals surface area contributed by atoms with Crippen molar-refractivity contribution in [1.82, 2.24) is 10.6 Å². The smallest absolute Gasteiger partial charge is 0.223 e. The van der Waals surface area contributed by atoms with Crippen molar-refractivity contribution in [2.45, 2.75) is 51.0 Å². The van der Waals surface area contributed by atoms with Crippen molar-refractivity contribution >= 4 is 5.91 Å². The second kappa shape index (κ2) is 6.64. The molecule has 1 heterocycles. The topological polar surface area (TPSA) is 41.1 Å². The van der Waals surface area contributed by atoms with Gasteiger partial charge in [0.25, 0.3) is 0 Å². The Morgan fingerprint density at radius 3 is 2.87 bits per heavy atom. The van der Waals surface area contributed by atoms with Crippen LogP contribution in [0.15, 0.2) is 24.3 Å². The fraction of sp³-hybridized carbons (Fsp3) is 0.650. The average molecular weight is 312 g/mol. The van der Waals surface area contributed by atoms with Crippen molar-refractivity contribution in [3.63, 3.8) is 0 Å². The van der Waals surface area contributed by atoms with E-state index in [1.54, 1.807) is 0 Å². The Kier molecular flexibility index (Phi) is 4.39. The minimum absolute atomic E-state index is 0.274. The van der Waals surface area contributed by atoms with Crippen LogP contribution < -0.4 is 10.6 Å². The molecule has 3 unspecified atom stereocenters. The van der Waals surface area contributed by atoms with Gasteiger partial charge in [-0.25, -0.2) is 0 Å². The molecule has 2 saturated carbocycles. The van der Waals surface area contributed by atoms with Crippen molar-refractivity contribution in [3.05, 3.63) is 35.4 Å². The van der Waals surface area contributed by atoms with E-state index in [0.717, 1.165) is 31.8 Å². The lowest BCUT2D eigenvalue weighted by Gasteiger charge is -2.27. The van der Waals surface area contributed by atoms with Gasteiger partial charge in [0.15, 0.2) is 0 Å². The number of benzene rings is 1. The largest absolute Gasteiger partial charge is 0.354 e. The van der Waals surface area contributed by atoms with Gasteiger partial charge in [0.05, 0.1) is 0 Å². The Balaban J connectivity index is 1.29. The second-order valence-electron chi connectivity index (χ2n) is 7.60. The molecule has 1 aliphatic heterocycles. The van der Waals surface area contributed by atoms with E-state index < -0.39 is 0 Å². The SMILES string of the molecule is O=C(NCC1NCCc2ccccc21)C1CC1C1CCCCC1. The molecule has 0 saturated heterocycles. The van der Waals surface area contributed by atoms with Crippen LogP contribution in [-0.4, -0.2) is 19.0 Å². The number of hydrogen-bond acceptors (Lipinski definition) is 2. The molecule has 1 amide bonds. The fourth-order valence-corrected chi connectivity index (χ4v) is 4.71. The van der Waals surface area contributed by atoms with Crippen molar-refractivity contribution in [1.29, 1.82) is 0 Å². The highest BCUT2D eigenvalue weighted by atomic mass is 16.2. The summed E-state index contributed by atoms with van der Waals surface area (Å²) in [5, 5.41) is 6.77. The normalized spacial score (nSPS) is 30.5. The first kappa shape index (κ1) is 15.2. The lowest BCUT2D eigenvalue weighted by atomic mass is 9.85. The molecule has 3 nitrogen and oxygen atoms in total.